The standard InChI is InChI=1S/C16H18ClNO2S/c1-2-16(13-8-4-3-5-9-13)18-21(19,20)12-14-10-6-7-11-15(14)17/h3-11,16,18H,2,12H2,1H3/t16-/m1/s1. The molecule has 112 valence electrons. The molecule has 0 fully saturated rings. The molecule has 2 aromatic carbocycles. The van der Waals surface area contributed by atoms with Crippen LogP contribution in [0.4, 0.5) is 0 Å². The molecule has 0 spiro atoms. The van der Waals surface area contributed by atoms with Crippen LogP contribution in [0.3, 0.4) is 0 Å². The van der Waals surface area contributed by atoms with Gasteiger partial charge in [-0.25, -0.2) is 13.1 Å². The van der Waals surface area contributed by atoms with Crippen LogP contribution in [0.1, 0.15) is 30.5 Å². The number of benzene rings is 2. The Labute approximate surface area is 131 Å². The first-order chi connectivity index (χ1) is 10.0. The number of hydrogen-bond donors (Lipinski definition) is 1. The van der Waals surface area contributed by atoms with Crippen molar-refractivity contribution in [3.63, 3.8) is 0 Å². The Morgan fingerprint density at radius 2 is 1.67 bits per heavy atom. The van der Waals surface area contributed by atoms with Crippen LogP contribution in [-0.4, -0.2) is 8.42 Å². The molecular formula is C16H18ClNO2S. The largest absolute Gasteiger partial charge is 0.216 e. The van der Waals surface area contributed by atoms with Crippen molar-refractivity contribution in [1.29, 1.82) is 0 Å². The summed E-state index contributed by atoms with van der Waals surface area (Å²) in [7, 11) is -3.45. The molecule has 0 bridgehead atoms. The van der Waals surface area contributed by atoms with E-state index in [9.17, 15) is 8.42 Å². The number of rotatable bonds is 6. The summed E-state index contributed by atoms with van der Waals surface area (Å²) >= 11 is 6.03. The summed E-state index contributed by atoms with van der Waals surface area (Å²) in [6.45, 7) is 1.95. The van der Waals surface area contributed by atoms with Crippen molar-refractivity contribution in [3.05, 3.63) is 70.7 Å². The summed E-state index contributed by atoms with van der Waals surface area (Å²) in [4.78, 5) is 0. The quantitative estimate of drug-likeness (QED) is 0.876. The molecule has 21 heavy (non-hydrogen) atoms. The van der Waals surface area contributed by atoms with Gasteiger partial charge in [0.15, 0.2) is 0 Å². The van der Waals surface area contributed by atoms with Gasteiger partial charge in [0, 0.05) is 11.1 Å². The molecule has 3 nitrogen and oxygen atoms in total. The molecule has 0 aromatic heterocycles. The molecule has 0 heterocycles. The highest BCUT2D eigenvalue weighted by molar-refractivity contribution is 7.88. The molecule has 0 radical (unpaired) electrons. The Kier molecular flexibility index (Phi) is 5.39. The lowest BCUT2D eigenvalue weighted by molar-refractivity contribution is 0.549. The topological polar surface area (TPSA) is 46.2 Å². The highest BCUT2D eigenvalue weighted by Gasteiger charge is 2.19. The lowest BCUT2D eigenvalue weighted by atomic mass is 10.1. The summed E-state index contributed by atoms with van der Waals surface area (Å²) in [6, 6.07) is 16.3. The van der Waals surface area contributed by atoms with E-state index in [1.807, 2.05) is 37.3 Å². The number of sulfonamides is 1. The van der Waals surface area contributed by atoms with Crippen LogP contribution in [0.5, 0.6) is 0 Å². The number of halogens is 1. The molecule has 5 heteroatoms. The Balaban J connectivity index is 2.15. The molecule has 0 aliphatic rings. The first kappa shape index (κ1) is 16.0. The van der Waals surface area contributed by atoms with Crippen molar-refractivity contribution in [2.75, 3.05) is 0 Å². The molecule has 2 aromatic rings. The minimum atomic E-state index is -3.45. The lowest BCUT2D eigenvalue weighted by Crippen LogP contribution is -2.29. The van der Waals surface area contributed by atoms with E-state index in [0.29, 0.717) is 17.0 Å². The minimum Gasteiger partial charge on any atom is -0.212 e. The fourth-order valence-corrected chi connectivity index (χ4v) is 3.91. The zero-order chi connectivity index (χ0) is 15.3. The van der Waals surface area contributed by atoms with Crippen LogP contribution in [0.2, 0.25) is 5.02 Å². The maximum absolute atomic E-state index is 12.3. The third-order valence-electron chi connectivity index (χ3n) is 3.24. The van der Waals surface area contributed by atoms with Gasteiger partial charge >= 0.3 is 0 Å². The van der Waals surface area contributed by atoms with E-state index in [4.69, 9.17) is 11.6 Å². The third-order valence-corrected chi connectivity index (χ3v) is 4.94. The molecule has 0 aliphatic heterocycles. The molecule has 0 unspecified atom stereocenters. The van der Waals surface area contributed by atoms with E-state index in [2.05, 4.69) is 4.72 Å². The van der Waals surface area contributed by atoms with Gasteiger partial charge in [0.25, 0.3) is 0 Å². The summed E-state index contributed by atoms with van der Waals surface area (Å²) in [5.74, 6) is -0.115. The predicted octanol–water partition coefficient (Wildman–Crippen LogP) is 3.91. The molecule has 0 saturated heterocycles. The van der Waals surface area contributed by atoms with Crippen molar-refractivity contribution in [2.24, 2.45) is 0 Å². The van der Waals surface area contributed by atoms with Crippen molar-refractivity contribution in [2.45, 2.75) is 25.1 Å². The van der Waals surface area contributed by atoms with Crippen LogP contribution in [-0.2, 0) is 15.8 Å². The highest BCUT2D eigenvalue weighted by Crippen LogP contribution is 2.21. The maximum atomic E-state index is 12.3. The van der Waals surface area contributed by atoms with Crippen molar-refractivity contribution >= 4 is 21.6 Å². The van der Waals surface area contributed by atoms with Crippen molar-refractivity contribution < 1.29 is 8.42 Å². The first-order valence-electron chi connectivity index (χ1n) is 6.80. The third kappa shape index (κ3) is 4.56. The van der Waals surface area contributed by atoms with Gasteiger partial charge in [0.1, 0.15) is 0 Å². The second-order valence-electron chi connectivity index (χ2n) is 4.84. The zero-order valence-corrected chi connectivity index (χ0v) is 13.4. The first-order valence-corrected chi connectivity index (χ1v) is 8.83. The maximum Gasteiger partial charge on any atom is 0.216 e. The van der Waals surface area contributed by atoms with Crippen LogP contribution >= 0.6 is 11.6 Å². The predicted molar refractivity (Wildman–Crippen MR) is 86.7 cm³/mol. The minimum absolute atomic E-state index is 0.115. The zero-order valence-electron chi connectivity index (χ0n) is 11.8. The fourth-order valence-electron chi connectivity index (χ4n) is 2.15. The van der Waals surface area contributed by atoms with Gasteiger partial charge in [-0.1, -0.05) is 67.1 Å². The van der Waals surface area contributed by atoms with E-state index in [1.54, 1.807) is 24.3 Å². The highest BCUT2D eigenvalue weighted by atomic mass is 35.5. The van der Waals surface area contributed by atoms with Gasteiger partial charge < -0.3 is 0 Å². The molecule has 2 rings (SSSR count). The Bertz CT molecular complexity index is 686. The van der Waals surface area contributed by atoms with Crippen LogP contribution < -0.4 is 4.72 Å². The van der Waals surface area contributed by atoms with Gasteiger partial charge in [0.2, 0.25) is 10.0 Å². The molecule has 1 N–H and O–H groups in total. The Morgan fingerprint density at radius 3 is 2.29 bits per heavy atom. The molecule has 0 aliphatic carbocycles. The Hall–Kier alpha value is -1.36. The molecule has 0 amide bonds. The van der Waals surface area contributed by atoms with E-state index in [0.717, 1.165) is 5.56 Å². The van der Waals surface area contributed by atoms with E-state index in [1.165, 1.54) is 0 Å². The molecule has 1 atom stereocenters. The van der Waals surface area contributed by atoms with E-state index < -0.39 is 10.0 Å². The second-order valence-corrected chi connectivity index (χ2v) is 7.00. The van der Waals surface area contributed by atoms with Crippen LogP contribution in [0, 0.1) is 0 Å². The van der Waals surface area contributed by atoms with Crippen molar-refractivity contribution in [1.82, 2.24) is 4.72 Å². The van der Waals surface area contributed by atoms with Gasteiger partial charge in [-0.15, -0.1) is 0 Å². The summed E-state index contributed by atoms with van der Waals surface area (Å²) in [5, 5.41) is 0.468. The summed E-state index contributed by atoms with van der Waals surface area (Å²) in [5.41, 5.74) is 1.57. The average Bonchev–Trinajstić information content (AvgIpc) is 2.48. The van der Waals surface area contributed by atoms with Gasteiger partial charge in [-0.3, -0.25) is 0 Å². The van der Waals surface area contributed by atoms with E-state index in [-0.39, 0.29) is 11.8 Å². The average molecular weight is 324 g/mol. The summed E-state index contributed by atoms with van der Waals surface area (Å²) in [6.07, 6.45) is 0.686. The van der Waals surface area contributed by atoms with Gasteiger partial charge in [-0.05, 0) is 23.6 Å². The van der Waals surface area contributed by atoms with E-state index >= 15 is 0 Å². The smallest absolute Gasteiger partial charge is 0.212 e. The van der Waals surface area contributed by atoms with Gasteiger partial charge in [0.05, 0.1) is 5.75 Å². The SMILES string of the molecule is CC[C@@H](NS(=O)(=O)Cc1ccccc1Cl)c1ccccc1. The molecule has 0 saturated carbocycles. The Morgan fingerprint density at radius 1 is 1.05 bits per heavy atom. The van der Waals surface area contributed by atoms with Crippen LogP contribution in [0.25, 0.3) is 0 Å². The number of hydrogen-bond acceptors (Lipinski definition) is 2. The molecular weight excluding hydrogens is 306 g/mol. The van der Waals surface area contributed by atoms with Gasteiger partial charge in [-0.2, -0.15) is 0 Å². The lowest BCUT2D eigenvalue weighted by Gasteiger charge is -2.17. The normalized spacial score (nSPS) is 13.0. The second kappa shape index (κ2) is 7.07. The number of nitrogens with one attached hydrogen (secondary N) is 1. The monoisotopic (exact) mass is 323 g/mol. The fraction of sp³-hybridized carbons (Fsp3) is 0.250. The summed E-state index contributed by atoms with van der Waals surface area (Å²) < 4.78 is 27.4. The van der Waals surface area contributed by atoms with Crippen molar-refractivity contribution in [3.8, 4) is 0 Å². The van der Waals surface area contributed by atoms with Crippen LogP contribution in [0.15, 0.2) is 54.6 Å².